The van der Waals surface area contributed by atoms with Gasteiger partial charge in [-0.25, -0.2) is 0 Å². The topological polar surface area (TPSA) is 99.8 Å². The lowest BCUT2D eigenvalue weighted by molar-refractivity contribution is -0.137. The smallest absolute Gasteiger partial charge is 0.247 e. The summed E-state index contributed by atoms with van der Waals surface area (Å²) >= 11 is 0. The standard InChI is InChI=1S/C28H44N4O4/c1-9-19(6)24(32(7)8)28(35)31-23-25(18(4)5)36-21-12-10-20(11-13-21)14-15-29-26(33)22(16-17(2)3)30-27(23)34/h10-15,17-19,22-25H,9,16H2,1-8H3,(H,29,33)(H,30,34)(H,31,35)/b15-14-/t19-,22-,23+,24+,25-/m0/s1. The molecule has 2 aliphatic heterocycles. The van der Waals surface area contributed by atoms with Crippen LogP contribution in [0.15, 0.2) is 30.5 Å². The Morgan fingerprint density at radius 3 is 2.22 bits per heavy atom. The molecule has 200 valence electrons. The van der Waals surface area contributed by atoms with Crippen molar-refractivity contribution in [1.82, 2.24) is 20.9 Å². The summed E-state index contributed by atoms with van der Waals surface area (Å²) in [6.07, 6.45) is 3.99. The maximum absolute atomic E-state index is 13.7. The van der Waals surface area contributed by atoms with E-state index in [-0.39, 0.29) is 29.6 Å². The highest BCUT2D eigenvalue weighted by Crippen LogP contribution is 2.22. The minimum Gasteiger partial charge on any atom is -0.487 e. The molecule has 0 saturated heterocycles. The highest BCUT2D eigenvalue weighted by molar-refractivity contribution is 5.94. The Balaban J connectivity index is 2.52. The first-order valence-corrected chi connectivity index (χ1v) is 12.9. The summed E-state index contributed by atoms with van der Waals surface area (Å²) in [7, 11) is 3.72. The van der Waals surface area contributed by atoms with Crippen molar-refractivity contribution in [3.63, 3.8) is 0 Å². The first kappa shape index (κ1) is 29.4. The molecule has 0 fully saturated rings. The van der Waals surface area contributed by atoms with Gasteiger partial charge in [0, 0.05) is 6.20 Å². The second kappa shape index (κ2) is 13.4. The van der Waals surface area contributed by atoms with Crippen molar-refractivity contribution in [1.29, 1.82) is 0 Å². The third-order valence-electron chi connectivity index (χ3n) is 6.57. The van der Waals surface area contributed by atoms with E-state index in [9.17, 15) is 14.4 Å². The average Bonchev–Trinajstić information content (AvgIpc) is 2.80. The van der Waals surface area contributed by atoms with Crippen LogP contribution < -0.4 is 20.7 Å². The number of likely N-dealkylation sites (N-methyl/N-ethyl adjacent to an activating group) is 1. The van der Waals surface area contributed by atoms with E-state index >= 15 is 0 Å². The molecule has 36 heavy (non-hydrogen) atoms. The molecule has 1 aromatic carbocycles. The highest BCUT2D eigenvalue weighted by atomic mass is 16.5. The lowest BCUT2D eigenvalue weighted by Crippen LogP contribution is -2.62. The van der Waals surface area contributed by atoms with Crippen molar-refractivity contribution in [2.24, 2.45) is 17.8 Å². The summed E-state index contributed by atoms with van der Waals surface area (Å²) in [6, 6.07) is 5.24. The Morgan fingerprint density at radius 2 is 1.69 bits per heavy atom. The monoisotopic (exact) mass is 500 g/mol. The number of rotatable bonds is 8. The average molecular weight is 501 g/mol. The number of nitrogens with zero attached hydrogens (tertiary/aromatic N) is 1. The van der Waals surface area contributed by atoms with Crippen molar-refractivity contribution >= 4 is 23.8 Å². The van der Waals surface area contributed by atoms with Crippen LogP contribution >= 0.6 is 0 Å². The summed E-state index contributed by atoms with van der Waals surface area (Å²) in [4.78, 5) is 42.1. The molecule has 5 atom stereocenters. The van der Waals surface area contributed by atoms with Gasteiger partial charge >= 0.3 is 0 Å². The van der Waals surface area contributed by atoms with Crippen LogP contribution in [0.1, 0.15) is 59.9 Å². The van der Waals surface area contributed by atoms with Crippen LogP contribution in [0.2, 0.25) is 0 Å². The molecule has 0 aromatic heterocycles. The fraction of sp³-hybridized carbons (Fsp3) is 0.607. The Morgan fingerprint density at radius 1 is 1.06 bits per heavy atom. The molecule has 8 heteroatoms. The molecule has 0 unspecified atom stereocenters. The van der Waals surface area contributed by atoms with Crippen LogP contribution in [0.5, 0.6) is 5.75 Å². The van der Waals surface area contributed by atoms with Gasteiger partial charge in [0.15, 0.2) is 0 Å². The fourth-order valence-corrected chi connectivity index (χ4v) is 4.45. The number of ether oxygens (including phenoxy) is 1. The zero-order valence-electron chi connectivity index (χ0n) is 23.0. The molecule has 0 radical (unpaired) electrons. The molecule has 2 heterocycles. The molecule has 8 nitrogen and oxygen atoms in total. The predicted octanol–water partition coefficient (Wildman–Crippen LogP) is 3.18. The van der Waals surface area contributed by atoms with Gasteiger partial charge in [0.2, 0.25) is 17.7 Å². The van der Waals surface area contributed by atoms with E-state index in [2.05, 4.69) is 16.0 Å². The SMILES string of the molecule is CC[C@H](C)[C@H](C(=O)N[C@H]1C(=O)N[C@@H](CC(C)C)C(=O)N/C=C\c2ccc(cc2)O[C@H]1C(C)C)N(C)C. The molecule has 3 amide bonds. The molecule has 1 aromatic rings. The quantitative estimate of drug-likeness (QED) is 0.509. The van der Waals surface area contributed by atoms with Crippen molar-refractivity contribution in [3.8, 4) is 5.75 Å². The van der Waals surface area contributed by atoms with E-state index in [4.69, 9.17) is 4.74 Å². The molecular weight excluding hydrogens is 456 g/mol. The van der Waals surface area contributed by atoms with E-state index in [0.717, 1.165) is 12.0 Å². The van der Waals surface area contributed by atoms with Gasteiger partial charge < -0.3 is 20.7 Å². The van der Waals surface area contributed by atoms with Crippen LogP contribution in [-0.4, -0.2) is 60.9 Å². The van der Waals surface area contributed by atoms with Crippen molar-refractivity contribution in [2.75, 3.05) is 14.1 Å². The maximum atomic E-state index is 13.7. The highest BCUT2D eigenvalue weighted by Gasteiger charge is 2.38. The van der Waals surface area contributed by atoms with Gasteiger partial charge in [-0.15, -0.1) is 0 Å². The Labute approximate surface area is 216 Å². The van der Waals surface area contributed by atoms with Crippen molar-refractivity contribution < 1.29 is 19.1 Å². The first-order chi connectivity index (χ1) is 16.9. The Kier molecular flexibility index (Phi) is 11.0. The molecule has 2 aliphatic rings. The molecule has 3 rings (SSSR count). The molecule has 2 bridgehead atoms. The summed E-state index contributed by atoms with van der Waals surface area (Å²) in [5, 5.41) is 8.68. The minimum atomic E-state index is -0.996. The predicted molar refractivity (Wildman–Crippen MR) is 143 cm³/mol. The summed E-state index contributed by atoms with van der Waals surface area (Å²) in [6.45, 7) is 12.0. The molecule has 0 aliphatic carbocycles. The minimum absolute atomic E-state index is 0.0822. The summed E-state index contributed by atoms with van der Waals surface area (Å²) in [5.74, 6) is -0.241. The zero-order valence-corrected chi connectivity index (χ0v) is 23.0. The normalized spacial score (nSPS) is 23.5. The third kappa shape index (κ3) is 8.08. The van der Waals surface area contributed by atoms with Gasteiger partial charge in [0.25, 0.3) is 0 Å². The number of hydrogen-bond donors (Lipinski definition) is 3. The van der Waals surface area contributed by atoms with E-state index in [0.29, 0.717) is 12.2 Å². The molecule has 0 spiro atoms. The van der Waals surface area contributed by atoms with Crippen molar-refractivity contribution in [3.05, 3.63) is 36.0 Å². The summed E-state index contributed by atoms with van der Waals surface area (Å²) in [5.41, 5.74) is 0.900. The van der Waals surface area contributed by atoms with Gasteiger partial charge in [-0.05, 0) is 62.0 Å². The Hall–Kier alpha value is -2.87. The number of nitrogens with one attached hydrogen (secondary N) is 3. The van der Waals surface area contributed by atoms with Crippen LogP contribution in [0.4, 0.5) is 0 Å². The van der Waals surface area contributed by atoms with E-state index < -0.39 is 30.1 Å². The number of carbonyl (C=O) groups is 3. The van der Waals surface area contributed by atoms with Gasteiger partial charge in [0.05, 0.1) is 6.04 Å². The van der Waals surface area contributed by atoms with Gasteiger partial charge in [-0.2, -0.15) is 0 Å². The Bertz CT molecular complexity index is 911. The fourth-order valence-electron chi connectivity index (χ4n) is 4.45. The number of fused-ring (bicyclic) bond motifs is 10. The first-order valence-electron chi connectivity index (χ1n) is 12.9. The van der Waals surface area contributed by atoms with E-state index in [1.807, 2.05) is 84.8 Å². The number of amides is 3. The van der Waals surface area contributed by atoms with Crippen LogP contribution in [0.3, 0.4) is 0 Å². The maximum Gasteiger partial charge on any atom is 0.247 e. The molecular formula is C28H44N4O4. The summed E-state index contributed by atoms with van der Waals surface area (Å²) < 4.78 is 6.31. The van der Waals surface area contributed by atoms with E-state index in [1.165, 1.54) is 0 Å². The lowest BCUT2D eigenvalue weighted by atomic mass is 9.94. The number of carbonyl (C=O) groups excluding carboxylic acids is 3. The number of benzene rings is 1. The van der Waals surface area contributed by atoms with Gasteiger partial charge in [-0.1, -0.05) is 60.1 Å². The number of hydrogen-bond acceptors (Lipinski definition) is 5. The van der Waals surface area contributed by atoms with Crippen LogP contribution in [-0.2, 0) is 14.4 Å². The second-order valence-electron chi connectivity index (χ2n) is 10.7. The van der Waals surface area contributed by atoms with Gasteiger partial charge in [-0.3, -0.25) is 19.3 Å². The molecule has 0 saturated carbocycles. The van der Waals surface area contributed by atoms with Crippen LogP contribution in [0.25, 0.3) is 6.08 Å². The second-order valence-corrected chi connectivity index (χ2v) is 10.7. The van der Waals surface area contributed by atoms with Crippen LogP contribution in [0, 0.1) is 17.8 Å². The van der Waals surface area contributed by atoms with Gasteiger partial charge in [0.1, 0.15) is 23.9 Å². The van der Waals surface area contributed by atoms with Crippen molar-refractivity contribution in [2.45, 2.75) is 78.6 Å². The largest absolute Gasteiger partial charge is 0.487 e. The zero-order chi connectivity index (χ0) is 27.0. The third-order valence-corrected chi connectivity index (χ3v) is 6.57. The van der Waals surface area contributed by atoms with E-state index in [1.54, 1.807) is 12.3 Å². The lowest BCUT2D eigenvalue weighted by Gasteiger charge is -2.35. The molecule has 3 N–H and O–H groups in total.